The molecular formula is C16H22F3IN4S2. The number of thiophene rings is 1. The van der Waals surface area contributed by atoms with Gasteiger partial charge in [0.25, 0.3) is 0 Å². The fourth-order valence-electron chi connectivity index (χ4n) is 2.18. The van der Waals surface area contributed by atoms with Gasteiger partial charge in [0.2, 0.25) is 0 Å². The van der Waals surface area contributed by atoms with Gasteiger partial charge in [0.15, 0.2) is 11.7 Å². The van der Waals surface area contributed by atoms with Gasteiger partial charge in [-0.3, -0.25) is 4.99 Å². The van der Waals surface area contributed by atoms with Crippen LogP contribution >= 0.6 is 46.7 Å². The molecule has 0 aromatic carbocycles. The molecule has 0 aliphatic carbocycles. The van der Waals surface area contributed by atoms with E-state index in [1.54, 1.807) is 18.4 Å². The number of thiazole rings is 1. The van der Waals surface area contributed by atoms with Crippen molar-refractivity contribution in [1.29, 1.82) is 0 Å². The number of nitrogens with one attached hydrogen (secondary N) is 2. The summed E-state index contributed by atoms with van der Waals surface area (Å²) in [6, 6.07) is 4.17. The maximum atomic E-state index is 12.5. The first-order chi connectivity index (χ1) is 11.9. The normalized spacial score (nSPS) is 13.2. The Morgan fingerprint density at radius 1 is 1.31 bits per heavy atom. The molecule has 2 heterocycles. The molecule has 0 bridgehead atoms. The lowest BCUT2D eigenvalue weighted by Gasteiger charge is -2.15. The molecule has 2 N–H and O–H groups in total. The van der Waals surface area contributed by atoms with E-state index in [1.807, 2.05) is 6.07 Å². The number of hydrogen-bond acceptors (Lipinski definition) is 4. The molecule has 1 unspecified atom stereocenters. The molecule has 0 aliphatic heterocycles. The van der Waals surface area contributed by atoms with Crippen molar-refractivity contribution in [3.8, 4) is 0 Å². The molecule has 26 heavy (non-hydrogen) atoms. The summed E-state index contributed by atoms with van der Waals surface area (Å²) in [7, 11) is 1.67. The zero-order valence-electron chi connectivity index (χ0n) is 14.5. The first kappa shape index (κ1) is 23.2. The van der Waals surface area contributed by atoms with Gasteiger partial charge in [-0.2, -0.15) is 13.2 Å². The molecule has 2 aromatic rings. The Hall–Kier alpha value is -0.880. The smallest absolute Gasteiger partial charge is 0.356 e. The molecule has 1 atom stereocenters. The largest absolute Gasteiger partial charge is 0.434 e. The molecule has 0 saturated heterocycles. The van der Waals surface area contributed by atoms with Crippen LogP contribution in [0.4, 0.5) is 13.2 Å². The van der Waals surface area contributed by atoms with E-state index >= 15 is 0 Å². The molecule has 2 aromatic heterocycles. The highest BCUT2D eigenvalue weighted by atomic mass is 127. The highest BCUT2D eigenvalue weighted by Gasteiger charge is 2.33. The molecule has 0 saturated carbocycles. The molecule has 146 valence electrons. The molecule has 10 heteroatoms. The molecule has 0 radical (unpaired) electrons. The van der Waals surface area contributed by atoms with Crippen LogP contribution in [0.2, 0.25) is 0 Å². The van der Waals surface area contributed by atoms with E-state index in [-0.39, 0.29) is 24.0 Å². The van der Waals surface area contributed by atoms with E-state index in [2.05, 4.69) is 39.0 Å². The Kier molecular flexibility index (Phi) is 9.86. The third-order valence-electron chi connectivity index (χ3n) is 3.44. The summed E-state index contributed by atoms with van der Waals surface area (Å²) in [5.74, 6) is 1.09. The fourth-order valence-corrected chi connectivity index (χ4v) is 3.85. The van der Waals surface area contributed by atoms with Gasteiger partial charge in [-0.1, -0.05) is 13.0 Å². The zero-order chi connectivity index (χ0) is 18.3. The van der Waals surface area contributed by atoms with Gasteiger partial charge in [-0.15, -0.1) is 46.7 Å². The Labute approximate surface area is 176 Å². The topological polar surface area (TPSA) is 49.3 Å². The summed E-state index contributed by atoms with van der Waals surface area (Å²) >= 11 is 2.77. The zero-order valence-corrected chi connectivity index (χ0v) is 18.4. The third kappa shape index (κ3) is 7.78. The average Bonchev–Trinajstić information content (AvgIpc) is 3.21. The van der Waals surface area contributed by atoms with Crippen molar-refractivity contribution in [2.45, 2.75) is 25.9 Å². The average molecular weight is 518 g/mol. The van der Waals surface area contributed by atoms with Gasteiger partial charge in [-0.25, -0.2) is 4.98 Å². The molecule has 2 rings (SSSR count). The first-order valence-corrected chi connectivity index (χ1v) is 9.63. The minimum Gasteiger partial charge on any atom is -0.356 e. The second-order valence-electron chi connectivity index (χ2n) is 5.64. The molecule has 0 amide bonds. The number of guanidine groups is 1. The SMILES string of the molecule is CN=C(NCCc1nc(C(F)(F)F)cs1)NCC(C)Cc1cccs1.I. The van der Waals surface area contributed by atoms with E-state index < -0.39 is 11.9 Å². The predicted molar refractivity (Wildman–Crippen MR) is 113 cm³/mol. The summed E-state index contributed by atoms with van der Waals surface area (Å²) in [5, 5.41) is 9.93. The molecular weight excluding hydrogens is 496 g/mol. The highest BCUT2D eigenvalue weighted by molar-refractivity contribution is 14.0. The first-order valence-electron chi connectivity index (χ1n) is 7.87. The molecule has 4 nitrogen and oxygen atoms in total. The van der Waals surface area contributed by atoms with E-state index in [0.717, 1.165) is 29.7 Å². The summed E-state index contributed by atoms with van der Waals surface area (Å²) in [6.07, 6.45) is -2.95. The summed E-state index contributed by atoms with van der Waals surface area (Å²) in [4.78, 5) is 9.10. The lowest BCUT2D eigenvalue weighted by Crippen LogP contribution is -2.40. The maximum absolute atomic E-state index is 12.5. The third-order valence-corrected chi connectivity index (χ3v) is 5.25. The maximum Gasteiger partial charge on any atom is 0.434 e. The number of halogens is 4. The lowest BCUT2D eigenvalue weighted by molar-refractivity contribution is -0.140. The molecule has 0 spiro atoms. The van der Waals surface area contributed by atoms with Crippen LogP contribution in [-0.4, -0.2) is 31.1 Å². The van der Waals surface area contributed by atoms with Crippen LogP contribution in [0.5, 0.6) is 0 Å². The van der Waals surface area contributed by atoms with Crippen LogP contribution in [0.25, 0.3) is 0 Å². The van der Waals surface area contributed by atoms with Crippen LogP contribution in [-0.2, 0) is 19.0 Å². The Bertz CT molecular complexity index is 671. The molecule has 0 aliphatic rings. The lowest BCUT2D eigenvalue weighted by atomic mass is 10.1. The van der Waals surface area contributed by atoms with E-state index in [0.29, 0.717) is 29.9 Å². The van der Waals surface area contributed by atoms with Crippen molar-refractivity contribution >= 4 is 52.6 Å². The molecule has 0 fully saturated rings. The van der Waals surface area contributed by atoms with Crippen molar-refractivity contribution in [3.63, 3.8) is 0 Å². The van der Waals surface area contributed by atoms with Crippen LogP contribution in [0, 0.1) is 5.92 Å². The number of aliphatic imine (C=N–C) groups is 1. The van der Waals surface area contributed by atoms with Gasteiger partial charge < -0.3 is 10.6 Å². The van der Waals surface area contributed by atoms with Gasteiger partial charge in [-0.05, 0) is 23.8 Å². The van der Waals surface area contributed by atoms with Crippen molar-refractivity contribution in [3.05, 3.63) is 38.5 Å². The van der Waals surface area contributed by atoms with Crippen LogP contribution in [0.3, 0.4) is 0 Å². The standard InChI is InChI=1S/C16H21F3N4S2.HI/c1-11(8-12-4-3-7-24-12)9-22-15(20-2)21-6-5-14-23-13(10-25-14)16(17,18)19;/h3-4,7,10-11H,5-6,8-9H2,1-2H3,(H2,20,21,22);1H. The Balaban J connectivity index is 0.00000338. The van der Waals surface area contributed by atoms with Crippen molar-refractivity contribution in [1.82, 2.24) is 15.6 Å². The van der Waals surface area contributed by atoms with Crippen molar-refractivity contribution in [2.24, 2.45) is 10.9 Å². The van der Waals surface area contributed by atoms with Gasteiger partial charge in [0, 0.05) is 36.8 Å². The minimum absolute atomic E-state index is 0. The number of alkyl halides is 3. The minimum atomic E-state index is -4.38. The van der Waals surface area contributed by atoms with E-state index in [9.17, 15) is 13.2 Å². The van der Waals surface area contributed by atoms with Gasteiger partial charge in [0.1, 0.15) is 0 Å². The van der Waals surface area contributed by atoms with Crippen LogP contribution in [0.1, 0.15) is 22.5 Å². The Morgan fingerprint density at radius 2 is 2.08 bits per heavy atom. The van der Waals surface area contributed by atoms with E-state index in [4.69, 9.17) is 0 Å². The Morgan fingerprint density at radius 3 is 2.65 bits per heavy atom. The number of nitrogens with zero attached hydrogens (tertiary/aromatic N) is 2. The van der Waals surface area contributed by atoms with Crippen molar-refractivity contribution in [2.75, 3.05) is 20.1 Å². The predicted octanol–water partition coefficient (Wildman–Crippen LogP) is 4.43. The quantitative estimate of drug-likeness (QED) is 0.324. The van der Waals surface area contributed by atoms with Crippen LogP contribution < -0.4 is 10.6 Å². The summed E-state index contributed by atoms with van der Waals surface area (Å²) in [5.41, 5.74) is -0.822. The van der Waals surface area contributed by atoms with E-state index in [1.165, 1.54) is 4.88 Å². The number of aromatic nitrogens is 1. The number of hydrogen-bond donors (Lipinski definition) is 2. The fraction of sp³-hybridized carbons (Fsp3) is 0.500. The second kappa shape index (κ2) is 11.1. The summed E-state index contributed by atoms with van der Waals surface area (Å²) in [6.45, 7) is 3.41. The van der Waals surface area contributed by atoms with Gasteiger partial charge >= 0.3 is 6.18 Å². The number of rotatable bonds is 7. The van der Waals surface area contributed by atoms with Crippen molar-refractivity contribution < 1.29 is 13.2 Å². The summed E-state index contributed by atoms with van der Waals surface area (Å²) < 4.78 is 37.6. The highest BCUT2D eigenvalue weighted by Crippen LogP contribution is 2.29. The van der Waals surface area contributed by atoms with Gasteiger partial charge in [0.05, 0.1) is 5.01 Å². The monoisotopic (exact) mass is 518 g/mol. The van der Waals surface area contributed by atoms with Crippen LogP contribution in [0.15, 0.2) is 27.9 Å². The second-order valence-corrected chi connectivity index (χ2v) is 7.62.